The lowest BCUT2D eigenvalue weighted by Gasteiger charge is -2.04. The molecule has 0 aliphatic carbocycles. The van der Waals surface area contributed by atoms with Gasteiger partial charge in [0.05, 0.1) is 6.20 Å². The maximum Gasteiger partial charge on any atom is 0.253 e. The van der Waals surface area contributed by atoms with Gasteiger partial charge in [-0.2, -0.15) is 5.10 Å². The van der Waals surface area contributed by atoms with E-state index in [0.717, 1.165) is 5.56 Å². The van der Waals surface area contributed by atoms with E-state index >= 15 is 0 Å². The van der Waals surface area contributed by atoms with E-state index in [-0.39, 0.29) is 0 Å². The first-order valence-corrected chi connectivity index (χ1v) is 5.07. The molecule has 0 aliphatic heterocycles. The van der Waals surface area contributed by atoms with Gasteiger partial charge in [0.1, 0.15) is 5.69 Å². The molecule has 1 heterocycles. The molecule has 6 nitrogen and oxygen atoms in total. The van der Waals surface area contributed by atoms with Crippen LogP contribution in [0.4, 0.5) is 0 Å². The van der Waals surface area contributed by atoms with Crippen molar-refractivity contribution >= 4 is 0 Å². The molecule has 1 unspecified atom stereocenters. The topological polar surface area (TPSA) is 81.8 Å². The van der Waals surface area contributed by atoms with Crippen molar-refractivity contribution in [2.45, 2.75) is 13.0 Å². The zero-order chi connectivity index (χ0) is 12.3. The summed E-state index contributed by atoms with van der Waals surface area (Å²) in [5, 5.41) is 18.3. The van der Waals surface area contributed by atoms with E-state index in [1.807, 2.05) is 30.3 Å². The summed E-state index contributed by atoms with van der Waals surface area (Å²) in [4.78, 5) is 14.4. The first-order valence-electron chi connectivity index (χ1n) is 5.07. The Balaban J connectivity index is 2.39. The molecular weight excluding hydrogens is 220 g/mol. The van der Waals surface area contributed by atoms with Gasteiger partial charge in [-0.1, -0.05) is 30.3 Å². The van der Waals surface area contributed by atoms with Crippen LogP contribution in [0.15, 0.2) is 36.5 Å². The van der Waals surface area contributed by atoms with Gasteiger partial charge in [-0.05, 0) is 0 Å². The van der Waals surface area contributed by atoms with Crippen LogP contribution in [0.5, 0.6) is 0 Å². The molecule has 0 amide bonds. The van der Waals surface area contributed by atoms with Crippen LogP contribution in [-0.2, 0) is 0 Å². The van der Waals surface area contributed by atoms with Gasteiger partial charge in [-0.3, -0.25) is 10.1 Å². The Labute approximate surface area is 97.5 Å². The number of aromatic nitrogens is 3. The number of hydrogen-bond acceptors (Lipinski definition) is 5. The Morgan fingerprint density at radius 3 is 2.65 bits per heavy atom. The first kappa shape index (κ1) is 11.1. The molecule has 1 aromatic carbocycles. The van der Waals surface area contributed by atoms with E-state index < -0.39 is 11.0 Å². The van der Waals surface area contributed by atoms with Crippen LogP contribution in [0, 0.1) is 10.1 Å². The van der Waals surface area contributed by atoms with Crippen LogP contribution in [0.25, 0.3) is 11.4 Å². The Hall–Kier alpha value is -2.37. The minimum absolute atomic E-state index is 0.309. The first-order chi connectivity index (χ1) is 8.18. The average Bonchev–Trinajstić information content (AvgIpc) is 2.39. The fraction of sp³-hybridized carbons (Fsp3) is 0.182. The number of benzene rings is 1. The Morgan fingerprint density at radius 2 is 2.00 bits per heavy atom. The van der Waals surface area contributed by atoms with Crippen molar-refractivity contribution in [2.24, 2.45) is 0 Å². The molecule has 2 aromatic rings. The number of nitrogens with zero attached hydrogens (tertiary/aromatic N) is 4. The van der Waals surface area contributed by atoms with Crippen LogP contribution in [-0.4, -0.2) is 20.1 Å². The highest BCUT2D eigenvalue weighted by atomic mass is 16.6. The van der Waals surface area contributed by atoms with Gasteiger partial charge in [-0.25, -0.2) is 4.98 Å². The molecule has 17 heavy (non-hydrogen) atoms. The van der Waals surface area contributed by atoms with Crippen molar-refractivity contribution in [3.8, 4) is 11.4 Å². The molecule has 6 heteroatoms. The largest absolute Gasteiger partial charge is 0.264 e. The molecule has 86 valence electrons. The summed E-state index contributed by atoms with van der Waals surface area (Å²) in [5.41, 5.74) is 1.10. The number of rotatable bonds is 3. The third-order valence-electron chi connectivity index (χ3n) is 2.35. The molecule has 0 N–H and O–H groups in total. The molecule has 0 fully saturated rings. The second kappa shape index (κ2) is 4.65. The van der Waals surface area contributed by atoms with Crippen molar-refractivity contribution in [1.82, 2.24) is 15.2 Å². The number of nitro groups is 1. The van der Waals surface area contributed by atoms with Gasteiger partial charge >= 0.3 is 0 Å². The second-order valence-electron chi connectivity index (χ2n) is 3.53. The Bertz CT molecular complexity index is 530. The maximum atomic E-state index is 10.7. The minimum atomic E-state index is -0.882. The molecule has 1 atom stereocenters. The van der Waals surface area contributed by atoms with Gasteiger partial charge in [-0.15, -0.1) is 5.10 Å². The third-order valence-corrected chi connectivity index (χ3v) is 2.35. The monoisotopic (exact) mass is 230 g/mol. The van der Waals surface area contributed by atoms with Crippen molar-refractivity contribution in [3.63, 3.8) is 0 Å². The molecule has 1 aromatic heterocycles. The third kappa shape index (κ3) is 2.41. The summed E-state index contributed by atoms with van der Waals surface area (Å²) in [6.45, 7) is 1.47. The van der Waals surface area contributed by atoms with Crippen molar-refractivity contribution in [3.05, 3.63) is 52.3 Å². The second-order valence-corrected chi connectivity index (χ2v) is 3.53. The molecule has 2 rings (SSSR count). The zero-order valence-corrected chi connectivity index (χ0v) is 9.15. The van der Waals surface area contributed by atoms with Crippen LogP contribution in [0.3, 0.4) is 0 Å². The standard InChI is InChI=1S/C11H10N4O2/c1-8(15(16)17)10-7-12-14-11(13-10)9-5-3-2-4-6-9/h2-8H,1H3. The summed E-state index contributed by atoms with van der Waals surface area (Å²) >= 11 is 0. The molecule has 0 saturated heterocycles. The smallest absolute Gasteiger partial charge is 0.253 e. The molecule has 0 aliphatic rings. The van der Waals surface area contributed by atoms with Gasteiger partial charge in [0.15, 0.2) is 5.82 Å². The van der Waals surface area contributed by atoms with Crippen LogP contribution in [0.2, 0.25) is 0 Å². The summed E-state index contributed by atoms with van der Waals surface area (Å²) in [6, 6.07) is 8.35. The van der Waals surface area contributed by atoms with Gasteiger partial charge in [0.25, 0.3) is 6.04 Å². The van der Waals surface area contributed by atoms with Crippen molar-refractivity contribution in [1.29, 1.82) is 0 Å². The highest BCUT2D eigenvalue weighted by molar-refractivity contribution is 5.53. The predicted octanol–water partition coefficient (Wildman–Crippen LogP) is 1.88. The predicted molar refractivity (Wildman–Crippen MR) is 60.7 cm³/mol. The van der Waals surface area contributed by atoms with E-state index in [9.17, 15) is 10.1 Å². The molecular formula is C11H10N4O2. The average molecular weight is 230 g/mol. The quantitative estimate of drug-likeness (QED) is 0.593. The molecule has 0 saturated carbocycles. The Kier molecular flexibility index (Phi) is 3.04. The summed E-state index contributed by atoms with van der Waals surface area (Å²) in [7, 11) is 0. The summed E-state index contributed by atoms with van der Waals surface area (Å²) in [5.74, 6) is 0.400. The number of hydrogen-bond donors (Lipinski definition) is 0. The fourth-order valence-corrected chi connectivity index (χ4v) is 1.34. The summed E-state index contributed by atoms with van der Waals surface area (Å²) < 4.78 is 0. The van der Waals surface area contributed by atoms with Crippen LogP contribution in [0.1, 0.15) is 18.7 Å². The van der Waals surface area contributed by atoms with E-state index in [2.05, 4.69) is 15.2 Å². The van der Waals surface area contributed by atoms with Gasteiger partial charge in [0.2, 0.25) is 0 Å². The zero-order valence-electron chi connectivity index (χ0n) is 9.15. The fourth-order valence-electron chi connectivity index (χ4n) is 1.34. The SMILES string of the molecule is CC(c1cnnc(-c2ccccc2)n1)[N+](=O)[O-]. The van der Waals surface area contributed by atoms with Gasteiger partial charge in [0, 0.05) is 17.4 Å². The highest BCUT2D eigenvalue weighted by Crippen LogP contribution is 2.17. The molecule has 0 bridgehead atoms. The van der Waals surface area contributed by atoms with Gasteiger partial charge < -0.3 is 0 Å². The van der Waals surface area contributed by atoms with E-state index in [1.54, 1.807) is 0 Å². The van der Waals surface area contributed by atoms with Crippen LogP contribution >= 0.6 is 0 Å². The van der Waals surface area contributed by atoms with E-state index in [1.165, 1.54) is 13.1 Å². The van der Waals surface area contributed by atoms with E-state index in [0.29, 0.717) is 11.5 Å². The molecule has 0 radical (unpaired) electrons. The van der Waals surface area contributed by atoms with E-state index in [4.69, 9.17) is 0 Å². The highest BCUT2D eigenvalue weighted by Gasteiger charge is 2.19. The Morgan fingerprint density at radius 1 is 1.29 bits per heavy atom. The minimum Gasteiger partial charge on any atom is -0.264 e. The van der Waals surface area contributed by atoms with Crippen molar-refractivity contribution in [2.75, 3.05) is 0 Å². The maximum absolute atomic E-state index is 10.7. The summed E-state index contributed by atoms with van der Waals surface area (Å²) in [6.07, 6.45) is 1.32. The normalized spacial score (nSPS) is 12.1. The van der Waals surface area contributed by atoms with Crippen molar-refractivity contribution < 1.29 is 4.92 Å². The molecule has 0 spiro atoms. The van der Waals surface area contributed by atoms with Crippen LogP contribution < -0.4 is 0 Å². The lowest BCUT2D eigenvalue weighted by atomic mass is 10.2. The lowest BCUT2D eigenvalue weighted by Crippen LogP contribution is -2.09. The lowest BCUT2D eigenvalue weighted by molar-refractivity contribution is -0.525.